The summed E-state index contributed by atoms with van der Waals surface area (Å²) in [6.07, 6.45) is 1.78. The summed E-state index contributed by atoms with van der Waals surface area (Å²) in [6, 6.07) is 17.1. The minimum atomic E-state index is 0.464. The highest BCUT2D eigenvalue weighted by Crippen LogP contribution is 2.19. The van der Waals surface area contributed by atoms with Crippen molar-refractivity contribution in [3.8, 4) is 11.5 Å². The molecule has 0 radical (unpaired) electrons. The Hall–Kier alpha value is -2.26. The topological polar surface area (TPSA) is 31.4 Å². The minimum absolute atomic E-state index is 0.464. The van der Waals surface area contributed by atoms with Gasteiger partial charge in [-0.1, -0.05) is 23.7 Å². The largest absolute Gasteiger partial charge is 0.490 e. The molecule has 3 aromatic rings. The molecule has 0 saturated carbocycles. The van der Waals surface area contributed by atoms with Crippen molar-refractivity contribution in [2.24, 2.45) is 0 Å². The fourth-order valence-electron chi connectivity index (χ4n) is 2.02. The quantitative estimate of drug-likeness (QED) is 0.657. The molecule has 0 atom stereocenters. The lowest BCUT2D eigenvalue weighted by molar-refractivity contribution is 0.217. The van der Waals surface area contributed by atoms with Crippen molar-refractivity contribution in [1.29, 1.82) is 0 Å². The van der Waals surface area contributed by atoms with Crippen LogP contribution >= 0.6 is 11.6 Å². The van der Waals surface area contributed by atoms with E-state index in [2.05, 4.69) is 4.98 Å². The van der Waals surface area contributed by atoms with Gasteiger partial charge in [-0.05, 0) is 42.5 Å². The van der Waals surface area contributed by atoms with Gasteiger partial charge in [0.25, 0.3) is 0 Å². The van der Waals surface area contributed by atoms with Gasteiger partial charge in [-0.2, -0.15) is 0 Å². The van der Waals surface area contributed by atoms with Crippen LogP contribution in [0.3, 0.4) is 0 Å². The molecule has 0 saturated heterocycles. The Labute approximate surface area is 128 Å². The van der Waals surface area contributed by atoms with E-state index in [4.69, 9.17) is 21.1 Å². The number of ether oxygens (including phenoxy) is 2. The molecule has 3 rings (SSSR count). The summed E-state index contributed by atoms with van der Waals surface area (Å²) in [5.74, 6) is 1.55. The highest BCUT2D eigenvalue weighted by atomic mass is 35.5. The monoisotopic (exact) mass is 299 g/mol. The first kappa shape index (κ1) is 13.7. The van der Waals surface area contributed by atoms with Crippen LogP contribution in [-0.2, 0) is 0 Å². The van der Waals surface area contributed by atoms with Crippen molar-refractivity contribution in [2.75, 3.05) is 13.2 Å². The molecule has 1 aromatic heterocycles. The molecular formula is C17H14ClNO2. The normalized spacial score (nSPS) is 10.5. The fraction of sp³-hybridized carbons (Fsp3) is 0.118. The second-order valence-corrected chi connectivity index (χ2v) is 4.95. The lowest BCUT2D eigenvalue weighted by atomic mass is 10.2. The third-order valence-electron chi connectivity index (χ3n) is 2.99. The van der Waals surface area contributed by atoms with E-state index in [-0.39, 0.29) is 0 Å². The van der Waals surface area contributed by atoms with Gasteiger partial charge in [0.05, 0.1) is 5.52 Å². The number of hydrogen-bond acceptors (Lipinski definition) is 3. The number of nitrogens with zero attached hydrogens (tertiary/aromatic N) is 1. The van der Waals surface area contributed by atoms with Crippen LogP contribution in [0.4, 0.5) is 0 Å². The number of rotatable bonds is 5. The van der Waals surface area contributed by atoms with Gasteiger partial charge in [0.2, 0.25) is 0 Å². The van der Waals surface area contributed by atoms with E-state index < -0.39 is 0 Å². The van der Waals surface area contributed by atoms with Gasteiger partial charge >= 0.3 is 0 Å². The lowest BCUT2D eigenvalue weighted by Crippen LogP contribution is -2.08. The highest BCUT2D eigenvalue weighted by Gasteiger charge is 1.99. The lowest BCUT2D eigenvalue weighted by Gasteiger charge is -2.09. The van der Waals surface area contributed by atoms with Crippen molar-refractivity contribution in [2.45, 2.75) is 0 Å². The molecule has 21 heavy (non-hydrogen) atoms. The Morgan fingerprint density at radius 2 is 1.67 bits per heavy atom. The predicted octanol–water partition coefficient (Wildman–Crippen LogP) is 4.35. The zero-order valence-corrected chi connectivity index (χ0v) is 12.1. The molecule has 0 N–H and O–H groups in total. The number of benzene rings is 2. The Balaban J connectivity index is 1.54. The summed E-state index contributed by atoms with van der Waals surface area (Å²) in [4.78, 5) is 4.27. The number of hydrogen-bond donors (Lipinski definition) is 0. The fourth-order valence-corrected chi connectivity index (χ4v) is 2.20. The van der Waals surface area contributed by atoms with Crippen LogP contribution in [0.25, 0.3) is 10.9 Å². The second-order valence-electron chi connectivity index (χ2n) is 4.51. The Morgan fingerprint density at radius 3 is 2.48 bits per heavy atom. The summed E-state index contributed by atoms with van der Waals surface area (Å²) >= 11 is 5.89. The molecule has 0 aliphatic carbocycles. The van der Waals surface area contributed by atoms with Gasteiger partial charge in [0.15, 0.2) is 0 Å². The summed E-state index contributed by atoms with van der Waals surface area (Å²) < 4.78 is 11.3. The van der Waals surface area contributed by atoms with E-state index in [0.717, 1.165) is 22.4 Å². The molecule has 1 heterocycles. The number of aromatic nitrogens is 1. The van der Waals surface area contributed by atoms with Crippen molar-refractivity contribution in [3.63, 3.8) is 0 Å². The first-order chi connectivity index (χ1) is 10.3. The average Bonchev–Trinajstić information content (AvgIpc) is 2.51. The minimum Gasteiger partial charge on any atom is -0.490 e. The number of fused-ring (bicyclic) bond motifs is 1. The van der Waals surface area contributed by atoms with Crippen LogP contribution in [0, 0.1) is 0 Å². The molecule has 0 aliphatic heterocycles. The maximum Gasteiger partial charge on any atom is 0.122 e. The predicted molar refractivity (Wildman–Crippen MR) is 84.2 cm³/mol. The zero-order valence-electron chi connectivity index (χ0n) is 11.3. The first-order valence-corrected chi connectivity index (χ1v) is 7.05. The van der Waals surface area contributed by atoms with Crippen molar-refractivity contribution in [1.82, 2.24) is 4.98 Å². The zero-order chi connectivity index (χ0) is 14.5. The molecule has 0 fully saturated rings. The van der Waals surface area contributed by atoms with E-state index in [1.807, 2.05) is 48.5 Å². The molecule has 0 bridgehead atoms. The Kier molecular flexibility index (Phi) is 4.22. The van der Waals surface area contributed by atoms with Gasteiger partial charge < -0.3 is 9.47 Å². The van der Waals surface area contributed by atoms with Crippen LogP contribution in [0.1, 0.15) is 0 Å². The summed E-state index contributed by atoms with van der Waals surface area (Å²) in [5, 5.41) is 1.72. The number of pyridine rings is 1. The number of halogens is 1. The van der Waals surface area contributed by atoms with Gasteiger partial charge in [-0.15, -0.1) is 0 Å². The first-order valence-electron chi connectivity index (χ1n) is 6.67. The van der Waals surface area contributed by atoms with Crippen molar-refractivity contribution < 1.29 is 9.47 Å². The van der Waals surface area contributed by atoms with Crippen LogP contribution in [0.15, 0.2) is 60.8 Å². The third kappa shape index (κ3) is 3.64. The average molecular weight is 300 g/mol. The molecule has 0 unspecified atom stereocenters. The Bertz CT molecular complexity index is 745. The van der Waals surface area contributed by atoms with Crippen molar-refractivity contribution >= 4 is 22.5 Å². The molecule has 3 nitrogen and oxygen atoms in total. The summed E-state index contributed by atoms with van der Waals surface area (Å²) in [6.45, 7) is 0.934. The standard InChI is InChI=1S/C17H14ClNO2/c18-14-4-1-5-15(12-14)20-9-10-21-16-6-7-17-13(11-16)3-2-8-19-17/h1-8,11-12H,9-10H2. The third-order valence-corrected chi connectivity index (χ3v) is 3.23. The summed E-state index contributed by atoms with van der Waals surface area (Å²) in [5.41, 5.74) is 0.958. The molecule has 4 heteroatoms. The van der Waals surface area contributed by atoms with Crippen LogP contribution in [0.2, 0.25) is 5.02 Å². The van der Waals surface area contributed by atoms with Crippen LogP contribution in [0.5, 0.6) is 11.5 Å². The second kappa shape index (κ2) is 6.46. The molecule has 106 valence electrons. The maximum atomic E-state index is 5.89. The van der Waals surface area contributed by atoms with Gasteiger partial charge in [0, 0.05) is 16.6 Å². The molecule has 0 amide bonds. The van der Waals surface area contributed by atoms with E-state index in [0.29, 0.717) is 18.2 Å². The smallest absolute Gasteiger partial charge is 0.122 e. The molecule has 0 spiro atoms. The molecule has 2 aromatic carbocycles. The highest BCUT2D eigenvalue weighted by molar-refractivity contribution is 6.30. The van der Waals surface area contributed by atoms with E-state index in [1.165, 1.54) is 0 Å². The molecule has 0 aliphatic rings. The van der Waals surface area contributed by atoms with Crippen molar-refractivity contribution in [3.05, 3.63) is 65.8 Å². The van der Waals surface area contributed by atoms with E-state index in [1.54, 1.807) is 12.3 Å². The van der Waals surface area contributed by atoms with Crippen LogP contribution in [-0.4, -0.2) is 18.2 Å². The van der Waals surface area contributed by atoms with E-state index in [9.17, 15) is 0 Å². The Morgan fingerprint density at radius 1 is 0.857 bits per heavy atom. The maximum absolute atomic E-state index is 5.89. The van der Waals surface area contributed by atoms with Gasteiger partial charge in [-0.25, -0.2) is 0 Å². The molecular weight excluding hydrogens is 286 g/mol. The van der Waals surface area contributed by atoms with Crippen LogP contribution < -0.4 is 9.47 Å². The summed E-state index contributed by atoms with van der Waals surface area (Å²) in [7, 11) is 0. The SMILES string of the molecule is Clc1cccc(OCCOc2ccc3ncccc3c2)c1. The van der Waals surface area contributed by atoms with Gasteiger partial charge in [-0.3, -0.25) is 4.98 Å². The van der Waals surface area contributed by atoms with E-state index >= 15 is 0 Å². The van der Waals surface area contributed by atoms with Gasteiger partial charge in [0.1, 0.15) is 24.7 Å².